The highest BCUT2D eigenvalue weighted by molar-refractivity contribution is 7.99. The molecular formula is C20H20N4O2S. The van der Waals surface area contributed by atoms with Crippen LogP contribution in [0, 0.1) is 0 Å². The normalized spacial score (nSPS) is 11.7. The zero-order valence-corrected chi connectivity index (χ0v) is 15.7. The predicted octanol–water partition coefficient (Wildman–Crippen LogP) is 2.68. The van der Waals surface area contributed by atoms with Gasteiger partial charge in [0.25, 0.3) is 0 Å². The van der Waals surface area contributed by atoms with Crippen molar-refractivity contribution in [2.75, 3.05) is 5.75 Å². The second kappa shape index (κ2) is 9.14. The van der Waals surface area contributed by atoms with Crippen molar-refractivity contribution >= 4 is 23.5 Å². The van der Waals surface area contributed by atoms with Crippen LogP contribution in [-0.2, 0) is 16.0 Å². The van der Waals surface area contributed by atoms with Gasteiger partial charge >= 0.3 is 0 Å². The summed E-state index contributed by atoms with van der Waals surface area (Å²) < 4.78 is 1.82. The maximum absolute atomic E-state index is 12.3. The van der Waals surface area contributed by atoms with Crippen LogP contribution in [0.15, 0.2) is 72.1 Å². The molecule has 1 amide bonds. The Morgan fingerprint density at radius 3 is 2.41 bits per heavy atom. The van der Waals surface area contributed by atoms with Gasteiger partial charge in [-0.1, -0.05) is 60.3 Å². The summed E-state index contributed by atoms with van der Waals surface area (Å²) in [4.78, 5) is 24.3. The van der Waals surface area contributed by atoms with Crippen molar-refractivity contribution in [2.24, 2.45) is 0 Å². The molecule has 0 radical (unpaired) electrons. The van der Waals surface area contributed by atoms with Crippen molar-refractivity contribution in [1.82, 2.24) is 20.1 Å². The first-order chi connectivity index (χ1) is 13.1. The van der Waals surface area contributed by atoms with Gasteiger partial charge in [-0.25, -0.2) is 0 Å². The maximum atomic E-state index is 12.3. The Labute approximate surface area is 162 Å². The highest BCUT2D eigenvalue weighted by atomic mass is 32.2. The Morgan fingerprint density at radius 1 is 1.07 bits per heavy atom. The summed E-state index contributed by atoms with van der Waals surface area (Å²) in [5, 5.41) is 11.4. The van der Waals surface area contributed by atoms with Crippen LogP contribution in [-0.4, -0.2) is 38.2 Å². The van der Waals surface area contributed by atoms with Crippen molar-refractivity contribution in [3.63, 3.8) is 0 Å². The fraction of sp³-hybridized carbons (Fsp3) is 0.200. The molecule has 3 aromatic rings. The molecule has 7 heteroatoms. The molecule has 1 atom stereocenters. The number of nitrogens with zero attached hydrogens (tertiary/aromatic N) is 3. The number of aromatic nitrogens is 3. The summed E-state index contributed by atoms with van der Waals surface area (Å²) in [5.41, 5.74) is 1.94. The first-order valence-corrected chi connectivity index (χ1v) is 9.54. The molecule has 0 aliphatic heterocycles. The smallest absolute Gasteiger partial charge is 0.231 e. The van der Waals surface area contributed by atoms with Gasteiger partial charge in [-0.05, 0) is 31.0 Å². The molecule has 0 aliphatic carbocycles. The SMILES string of the molecule is CC(=O)C(Cc1ccccc1)NC(=O)CSc1nncn1-c1ccccc1. The molecule has 27 heavy (non-hydrogen) atoms. The van der Waals surface area contributed by atoms with E-state index in [1.807, 2.05) is 65.2 Å². The van der Waals surface area contributed by atoms with Gasteiger partial charge in [0, 0.05) is 5.69 Å². The fourth-order valence-corrected chi connectivity index (χ4v) is 3.34. The van der Waals surface area contributed by atoms with Crippen LogP contribution < -0.4 is 5.32 Å². The third kappa shape index (κ3) is 5.27. The van der Waals surface area contributed by atoms with E-state index in [1.54, 1.807) is 6.33 Å². The summed E-state index contributed by atoms with van der Waals surface area (Å²) in [6.07, 6.45) is 2.09. The van der Waals surface area contributed by atoms with Gasteiger partial charge in [-0.2, -0.15) is 0 Å². The van der Waals surface area contributed by atoms with Crippen LogP contribution in [0.25, 0.3) is 5.69 Å². The standard InChI is InChI=1S/C20H20N4O2S/c1-15(25)18(12-16-8-4-2-5-9-16)22-19(26)13-27-20-23-21-14-24(20)17-10-6-3-7-11-17/h2-11,14,18H,12-13H2,1H3,(H,22,26). The van der Waals surface area contributed by atoms with E-state index in [1.165, 1.54) is 18.7 Å². The maximum Gasteiger partial charge on any atom is 0.231 e. The van der Waals surface area contributed by atoms with Gasteiger partial charge in [0.2, 0.25) is 5.91 Å². The van der Waals surface area contributed by atoms with Gasteiger partial charge in [0.15, 0.2) is 10.9 Å². The number of amides is 1. The molecule has 0 fully saturated rings. The van der Waals surface area contributed by atoms with E-state index in [9.17, 15) is 9.59 Å². The minimum absolute atomic E-state index is 0.0651. The molecule has 2 aromatic carbocycles. The van der Waals surface area contributed by atoms with Crippen LogP contribution in [0.1, 0.15) is 12.5 Å². The van der Waals surface area contributed by atoms with Gasteiger partial charge in [0.1, 0.15) is 6.33 Å². The lowest BCUT2D eigenvalue weighted by Gasteiger charge is -2.16. The monoisotopic (exact) mass is 380 g/mol. The molecule has 0 aliphatic rings. The third-order valence-corrected chi connectivity index (χ3v) is 4.93. The zero-order valence-electron chi connectivity index (χ0n) is 14.9. The Hall–Kier alpha value is -2.93. The minimum atomic E-state index is -0.535. The van der Waals surface area contributed by atoms with Gasteiger partial charge in [0.05, 0.1) is 11.8 Å². The number of nitrogens with one attached hydrogen (secondary N) is 1. The average molecular weight is 380 g/mol. The van der Waals surface area contributed by atoms with E-state index in [4.69, 9.17) is 0 Å². The van der Waals surface area contributed by atoms with Crippen LogP contribution in [0.2, 0.25) is 0 Å². The molecule has 0 spiro atoms. The largest absolute Gasteiger partial charge is 0.345 e. The van der Waals surface area contributed by atoms with E-state index < -0.39 is 6.04 Å². The van der Waals surface area contributed by atoms with Gasteiger partial charge < -0.3 is 5.32 Å². The lowest BCUT2D eigenvalue weighted by atomic mass is 10.0. The molecule has 1 N–H and O–H groups in total. The topological polar surface area (TPSA) is 76.9 Å². The number of ketones is 1. The lowest BCUT2D eigenvalue weighted by molar-refractivity contribution is -0.125. The van der Waals surface area contributed by atoms with Crippen LogP contribution in [0.4, 0.5) is 0 Å². The number of hydrogen-bond acceptors (Lipinski definition) is 5. The first kappa shape index (κ1) is 18.8. The number of carbonyl (C=O) groups excluding carboxylic acids is 2. The van der Waals surface area contributed by atoms with Crippen LogP contribution >= 0.6 is 11.8 Å². The molecule has 0 saturated heterocycles. The van der Waals surface area contributed by atoms with E-state index in [0.29, 0.717) is 11.6 Å². The van der Waals surface area contributed by atoms with Crippen LogP contribution in [0.3, 0.4) is 0 Å². The van der Waals surface area contributed by atoms with Crippen molar-refractivity contribution in [1.29, 1.82) is 0 Å². The number of benzene rings is 2. The summed E-state index contributed by atoms with van der Waals surface area (Å²) in [5.74, 6) is -0.118. The molecule has 138 valence electrons. The molecule has 1 aromatic heterocycles. The van der Waals surface area contributed by atoms with Crippen molar-refractivity contribution in [3.8, 4) is 5.69 Å². The van der Waals surface area contributed by atoms with Gasteiger partial charge in [-0.15, -0.1) is 10.2 Å². The number of carbonyl (C=O) groups is 2. The molecule has 6 nitrogen and oxygen atoms in total. The third-order valence-electron chi connectivity index (χ3n) is 3.99. The number of para-hydroxylation sites is 1. The number of hydrogen-bond donors (Lipinski definition) is 1. The van der Waals surface area contributed by atoms with E-state index in [2.05, 4.69) is 15.5 Å². The summed E-state index contributed by atoms with van der Waals surface area (Å²) in [7, 11) is 0. The first-order valence-electron chi connectivity index (χ1n) is 8.55. The van der Waals surface area contributed by atoms with E-state index in [-0.39, 0.29) is 17.4 Å². The molecule has 3 rings (SSSR count). The molecule has 1 heterocycles. The Kier molecular flexibility index (Phi) is 6.38. The highest BCUT2D eigenvalue weighted by Gasteiger charge is 2.18. The quantitative estimate of drug-likeness (QED) is 0.608. The Morgan fingerprint density at radius 2 is 1.74 bits per heavy atom. The molecule has 1 unspecified atom stereocenters. The summed E-state index contributed by atoms with van der Waals surface area (Å²) in [6, 6.07) is 18.8. The second-order valence-electron chi connectivity index (χ2n) is 6.03. The van der Waals surface area contributed by atoms with E-state index in [0.717, 1.165) is 11.3 Å². The second-order valence-corrected chi connectivity index (χ2v) is 6.97. The van der Waals surface area contributed by atoms with Crippen LogP contribution in [0.5, 0.6) is 0 Å². The number of thioether (sulfide) groups is 1. The highest BCUT2D eigenvalue weighted by Crippen LogP contribution is 2.19. The Balaban J connectivity index is 1.59. The Bertz CT molecular complexity index is 897. The fourth-order valence-electron chi connectivity index (χ4n) is 2.60. The molecule has 0 bridgehead atoms. The predicted molar refractivity (Wildman–Crippen MR) is 105 cm³/mol. The van der Waals surface area contributed by atoms with Gasteiger partial charge in [-0.3, -0.25) is 14.2 Å². The lowest BCUT2D eigenvalue weighted by Crippen LogP contribution is -2.42. The van der Waals surface area contributed by atoms with Crippen molar-refractivity contribution in [3.05, 3.63) is 72.6 Å². The number of rotatable bonds is 8. The molecular weight excluding hydrogens is 360 g/mol. The van der Waals surface area contributed by atoms with Crippen molar-refractivity contribution in [2.45, 2.75) is 24.5 Å². The van der Waals surface area contributed by atoms with Crippen molar-refractivity contribution < 1.29 is 9.59 Å². The molecule has 0 saturated carbocycles. The summed E-state index contributed by atoms with van der Waals surface area (Å²) >= 11 is 1.28. The minimum Gasteiger partial charge on any atom is -0.345 e. The summed E-state index contributed by atoms with van der Waals surface area (Å²) in [6.45, 7) is 1.49. The average Bonchev–Trinajstić information content (AvgIpc) is 3.16. The zero-order chi connectivity index (χ0) is 19.1. The van der Waals surface area contributed by atoms with E-state index >= 15 is 0 Å². The number of Topliss-reactive ketones (excluding diaryl/α,β-unsaturated/α-hetero) is 1.